The molecule has 14 atom stereocenters. The SMILES string of the molecule is CC[C@@H]1/C=C(\C)C[C@H](C)CC(OC)[C@H]2O[C@@](O)(C(=O)C(=O)N3CCCC[C@H]3C(=O)OC(/C(C)=C/[C@@H]3CC[C@H](Cl)[C@H](OC)C3)[C@H](C)[C@@H](O)CC1=O)[C@H](C)C[C@@H]2OC. The van der Waals surface area contributed by atoms with Crippen LogP contribution < -0.4 is 0 Å². The number of methoxy groups -OCH3 is 3. The molecule has 12 nitrogen and oxygen atoms in total. The van der Waals surface area contributed by atoms with Crippen molar-refractivity contribution in [3.05, 3.63) is 23.3 Å². The van der Waals surface area contributed by atoms with Crippen LogP contribution in [0.25, 0.3) is 0 Å². The largest absolute Gasteiger partial charge is 0.456 e. The maximum atomic E-state index is 14.3. The summed E-state index contributed by atoms with van der Waals surface area (Å²) in [6.45, 7) is 11.3. The highest BCUT2D eigenvalue weighted by atomic mass is 35.5. The van der Waals surface area contributed by atoms with Crippen LogP contribution in [0.3, 0.4) is 0 Å². The van der Waals surface area contributed by atoms with E-state index in [0.29, 0.717) is 44.1 Å². The molecule has 1 amide bonds. The third-order valence-electron chi connectivity index (χ3n) is 12.8. The van der Waals surface area contributed by atoms with Gasteiger partial charge in [0.15, 0.2) is 0 Å². The van der Waals surface area contributed by atoms with E-state index in [4.69, 9.17) is 35.3 Å². The Kier molecular flexibility index (Phi) is 17.2. The fraction of sp³-hybridized carbons (Fsp3) is 0.814. The Morgan fingerprint density at radius 1 is 0.964 bits per heavy atom. The first kappa shape index (κ1) is 46.5. The number of carbonyl (C=O) groups excluding carboxylic acids is 4. The lowest BCUT2D eigenvalue weighted by molar-refractivity contribution is -0.302. The van der Waals surface area contributed by atoms with E-state index < -0.39 is 77.8 Å². The van der Waals surface area contributed by atoms with Crippen molar-refractivity contribution >= 4 is 35.0 Å². The molecule has 2 N–H and O–H groups in total. The van der Waals surface area contributed by atoms with Crippen LogP contribution in [0.5, 0.6) is 0 Å². The molecule has 0 aromatic rings. The first-order chi connectivity index (χ1) is 26.5. The number of amides is 1. The zero-order valence-corrected chi connectivity index (χ0v) is 35.8. The van der Waals surface area contributed by atoms with Crippen LogP contribution >= 0.6 is 11.6 Å². The Morgan fingerprint density at radius 2 is 1.62 bits per heavy atom. The molecule has 13 heteroatoms. The summed E-state index contributed by atoms with van der Waals surface area (Å²) in [6.07, 6.45) is 5.16. The number of alkyl halides is 1. The monoisotopic (exact) mass is 809 g/mol. The molecule has 3 aliphatic heterocycles. The van der Waals surface area contributed by atoms with Gasteiger partial charge in [0.05, 0.1) is 29.8 Å². The minimum Gasteiger partial charge on any atom is -0.456 e. The number of hydrogen-bond acceptors (Lipinski definition) is 11. The average Bonchev–Trinajstić information content (AvgIpc) is 3.18. The van der Waals surface area contributed by atoms with Crippen LogP contribution in [0.1, 0.15) is 112 Å². The molecule has 3 fully saturated rings. The maximum Gasteiger partial charge on any atom is 0.329 e. The molecule has 0 spiro atoms. The second-order valence-corrected chi connectivity index (χ2v) is 17.7. The number of aliphatic hydroxyl groups is 2. The van der Waals surface area contributed by atoms with Crippen LogP contribution in [0.4, 0.5) is 0 Å². The molecule has 4 rings (SSSR count). The van der Waals surface area contributed by atoms with Crippen LogP contribution in [0, 0.1) is 29.6 Å². The number of piperidine rings is 1. The molecule has 56 heavy (non-hydrogen) atoms. The fourth-order valence-corrected chi connectivity index (χ4v) is 9.69. The van der Waals surface area contributed by atoms with Gasteiger partial charge in [-0.3, -0.25) is 14.4 Å². The summed E-state index contributed by atoms with van der Waals surface area (Å²) >= 11 is 6.52. The molecular formula is C43H68ClNO11. The van der Waals surface area contributed by atoms with Crippen molar-refractivity contribution in [2.45, 2.75) is 166 Å². The number of cyclic esters (lactones) is 1. The minimum absolute atomic E-state index is 0.0425. The minimum atomic E-state index is -2.49. The van der Waals surface area contributed by atoms with Gasteiger partial charge in [0, 0.05) is 52.0 Å². The Bertz CT molecular complexity index is 1440. The van der Waals surface area contributed by atoms with Crippen LogP contribution in [0.2, 0.25) is 0 Å². The number of hydrogen-bond donors (Lipinski definition) is 2. The molecule has 2 unspecified atom stereocenters. The molecule has 2 saturated heterocycles. The number of nitrogens with zero attached hydrogens (tertiary/aromatic N) is 1. The maximum absolute atomic E-state index is 14.3. The van der Waals surface area contributed by atoms with E-state index in [1.165, 1.54) is 19.1 Å². The lowest BCUT2D eigenvalue weighted by atomic mass is 9.82. The van der Waals surface area contributed by atoms with Gasteiger partial charge in [-0.25, -0.2) is 4.79 Å². The Hall–Kier alpha value is -2.19. The third-order valence-corrected chi connectivity index (χ3v) is 13.3. The first-order valence-corrected chi connectivity index (χ1v) is 21.2. The predicted octanol–water partition coefficient (Wildman–Crippen LogP) is 5.72. The molecule has 2 bridgehead atoms. The molecule has 0 radical (unpaired) electrons. The lowest BCUT2D eigenvalue weighted by Crippen LogP contribution is -2.64. The summed E-state index contributed by atoms with van der Waals surface area (Å²) in [5.41, 5.74) is 1.71. The van der Waals surface area contributed by atoms with Crippen LogP contribution in [0.15, 0.2) is 23.3 Å². The van der Waals surface area contributed by atoms with Crippen molar-refractivity contribution in [2.75, 3.05) is 27.9 Å². The summed E-state index contributed by atoms with van der Waals surface area (Å²) in [6, 6.07) is -1.12. The third kappa shape index (κ3) is 10.9. The van der Waals surface area contributed by atoms with Gasteiger partial charge < -0.3 is 38.8 Å². The van der Waals surface area contributed by atoms with Crippen molar-refractivity contribution in [3.8, 4) is 0 Å². The number of ether oxygens (including phenoxy) is 5. The van der Waals surface area contributed by atoms with Crippen LogP contribution in [-0.2, 0) is 42.9 Å². The molecule has 1 saturated carbocycles. The highest BCUT2D eigenvalue weighted by Crippen LogP contribution is 2.39. The van der Waals surface area contributed by atoms with Gasteiger partial charge in [-0.15, -0.1) is 11.6 Å². The van der Waals surface area contributed by atoms with E-state index in [0.717, 1.165) is 18.4 Å². The standard InChI is InChI=1S/C43H68ClNO11/c1-10-30-18-24(2)17-25(3)19-36(53-8)39-37(54-9)21-27(5)43(51,56-39)40(48)41(49)45-16-12-11-13-32(45)42(50)55-38(28(6)33(46)23-34(30)47)26(4)20-29-14-15-31(44)35(22-29)52-7/h18,20,25,27-33,35-39,46,51H,10-17,19,21-23H2,1-9H3/b24-18+,26-20+/t25-,27+,28+,29-,30+,31-,32-,33-,35+,36?,37-,38?,39+,43+/m0/s1. The van der Waals surface area contributed by atoms with Gasteiger partial charge >= 0.3 is 5.97 Å². The number of Topliss-reactive ketones (excluding diaryl/α,β-unsaturated/α-hetero) is 2. The Balaban J connectivity index is 1.76. The molecule has 1 aliphatic carbocycles. The van der Waals surface area contributed by atoms with E-state index in [9.17, 15) is 29.4 Å². The number of halogens is 1. The normalized spacial score (nSPS) is 41.6. The predicted molar refractivity (Wildman–Crippen MR) is 212 cm³/mol. The summed E-state index contributed by atoms with van der Waals surface area (Å²) in [5, 5.41) is 23.6. The van der Waals surface area contributed by atoms with Gasteiger partial charge in [0.2, 0.25) is 5.79 Å². The number of esters is 1. The number of ketones is 2. The smallest absolute Gasteiger partial charge is 0.329 e. The number of allylic oxidation sites excluding steroid dienone is 3. The molecule has 0 aromatic heterocycles. The Morgan fingerprint density at radius 3 is 2.27 bits per heavy atom. The quantitative estimate of drug-likeness (QED) is 0.146. The number of rotatable bonds is 6. The molecule has 0 aromatic carbocycles. The van der Waals surface area contributed by atoms with Crippen molar-refractivity contribution in [1.82, 2.24) is 4.90 Å². The Labute approximate surface area is 339 Å². The zero-order chi connectivity index (χ0) is 41.5. The number of fused-ring (bicyclic) bond motifs is 3. The fourth-order valence-electron chi connectivity index (χ4n) is 9.36. The highest BCUT2D eigenvalue weighted by Gasteiger charge is 2.56. The van der Waals surface area contributed by atoms with E-state index >= 15 is 0 Å². The highest BCUT2D eigenvalue weighted by molar-refractivity contribution is 6.39. The van der Waals surface area contributed by atoms with Crippen molar-refractivity contribution in [2.24, 2.45) is 29.6 Å². The molecule has 318 valence electrons. The summed E-state index contributed by atoms with van der Waals surface area (Å²) in [4.78, 5) is 57.7. The van der Waals surface area contributed by atoms with Gasteiger partial charge in [-0.05, 0) is 95.5 Å². The van der Waals surface area contributed by atoms with Gasteiger partial charge in [0.1, 0.15) is 24.0 Å². The van der Waals surface area contributed by atoms with Gasteiger partial charge in [0.25, 0.3) is 11.7 Å². The van der Waals surface area contributed by atoms with Crippen molar-refractivity contribution in [3.63, 3.8) is 0 Å². The van der Waals surface area contributed by atoms with E-state index in [1.54, 1.807) is 21.0 Å². The summed E-state index contributed by atoms with van der Waals surface area (Å²) < 4.78 is 29.9. The molecule has 3 heterocycles. The van der Waals surface area contributed by atoms with E-state index in [2.05, 4.69) is 6.92 Å². The average molecular weight is 810 g/mol. The molecule has 4 aliphatic rings. The van der Waals surface area contributed by atoms with Crippen molar-refractivity contribution < 1.29 is 53.1 Å². The van der Waals surface area contributed by atoms with Crippen molar-refractivity contribution in [1.29, 1.82) is 0 Å². The topological polar surface area (TPSA) is 158 Å². The second-order valence-electron chi connectivity index (χ2n) is 17.1. The molecular weight excluding hydrogens is 742 g/mol. The second kappa shape index (κ2) is 20.7. The van der Waals surface area contributed by atoms with Gasteiger partial charge in [-0.2, -0.15) is 0 Å². The van der Waals surface area contributed by atoms with E-state index in [-0.39, 0.29) is 54.9 Å². The van der Waals surface area contributed by atoms with E-state index in [1.807, 2.05) is 32.9 Å². The first-order valence-electron chi connectivity index (χ1n) is 20.7. The summed E-state index contributed by atoms with van der Waals surface area (Å²) in [5.74, 6) is -7.31. The lowest BCUT2D eigenvalue weighted by Gasteiger charge is -2.47. The van der Waals surface area contributed by atoms with Gasteiger partial charge in [-0.1, -0.05) is 45.4 Å². The number of carbonyl (C=O) groups is 4. The number of aliphatic hydroxyl groups excluding tert-OH is 1. The summed E-state index contributed by atoms with van der Waals surface area (Å²) in [7, 11) is 4.71. The van der Waals surface area contributed by atoms with Crippen LogP contribution in [-0.4, -0.2) is 120 Å². The zero-order valence-electron chi connectivity index (χ0n) is 35.0.